The van der Waals surface area contributed by atoms with Crippen LogP contribution in [0.5, 0.6) is 0 Å². The molecule has 0 radical (unpaired) electrons. The largest absolute Gasteiger partial charge is 0.310 e. The zero-order chi connectivity index (χ0) is 14.8. The highest BCUT2D eigenvalue weighted by Crippen LogP contribution is 2.20. The summed E-state index contributed by atoms with van der Waals surface area (Å²) in [6.07, 6.45) is 2.11. The fourth-order valence-corrected chi connectivity index (χ4v) is 3.74. The predicted molar refractivity (Wildman–Crippen MR) is 82.3 cm³/mol. The van der Waals surface area contributed by atoms with Gasteiger partial charge in [0.15, 0.2) is 0 Å². The number of nitrogens with zero attached hydrogens (tertiary/aromatic N) is 1. The van der Waals surface area contributed by atoms with E-state index in [9.17, 15) is 8.42 Å². The maximum absolute atomic E-state index is 11.6. The summed E-state index contributed by atoms with van der Waals surface area (Å²) in [6, 6.07) is 8.10. The van der Waals surface area contributed by atoms with E-state index in [-0.39, 0.29) is 0 Å². The van der Waals surface area contributed by atoms with Gasteiger partial charge in [0.05, 0.1) is 6.26 Å². The van der Waals surface area contributed by atoms with Crippen LogP contribution in [0.2, 0.25) is 5.02 Å². The molecule has 0 spiro atoms. The van der Waals surface area contributed by atoms with Crippen molar-refractivity contribution in [1.29, 1.82) is 0 Å². The lowest BCUT2D eigenvalue weighted by molar-refractivity contribution is 0.220. The first-order valence-electron chi connectivity index (χ1n) is 6.80. The Hall–Kier alpha value is -0.620. The van der Waals surface area contributed by atoms with Gasteiger partial charge >= 0.3 is 0 Å². The predicted octanol–water partition coefficient (Wildman–Crippen LogP) is 2.10. The fourth-order valence-electron chi connectivity index (χ4n) is 2.59. The second-order valence-corrected chi connectivity index (χ2v) is 7.86. The topological polar surface area (TPSA) is 49.4 Å². The van der Waals surface area contributed by atoms with Crippen molar-refractivity contribution in [2.75, 3.05) is 19.3 Å². The van der Waals surface area contributed by atoms with Crippen LogP contribution in [0.15, 0.2) is 24.3 Å². The van der Waals surface area contributed by atoms with E-state index in [1.165, 1.54) is 6.26 Å². The van der Waals surface area contributed by atoms with Crippen LogP contribution in [0.1, 0.15) is 18.9 Å². The van der Waals surface area contributed by atoms with E-state index in [4.69, 9.17) is 11.6 Å². The molecule has 1 aromatic carbocycles. The van der Waals surface area contributed by atoms with E-state index in [1.807, 2.05) is 24.3 Å². The molecule has 4 nitrogen and oxygen atoms in total. The van der Waals surface area contributed by atoms with Crippen LogP contribution in [-0.4, -0.2) is 38.1 Å². The molecule has 1 aliphatic heterocycles. The summed E-state index contributed by atoms with van der Waals surface area (Å²) in [7, 11) is -3.07. The summed E-state index contributed by atoms with van der Waals surface area (Å²) in [5.74, 6) is 0.293. The van der Waals surface area contributed by atoms with Gasteiger partial charge < -0.3 is 5.32 Å². The molecule has 2 rings (SSSR count). The van der Waals surface area contributed by atoms with E-state index < -0.39 is 10.0 Å². The van der Waals surface area contributed by atoms with Gasteiger partial charge in [0.2, 0.25) is 10.0 Å². The van der Waals surface area contributed by atoms with Gasteiger partial charge in [-0.1, -0.05) is 36.7 Å². The average Bonchev–Trinajstić information content (AvgIpc) is 2.38. The Morgan fingerprint density at radius 3 is 2.70 bits per heavy atom. The highest BCUT2D eigenvalue weighted by atomic mass is 35.5. The number of hydrogen-bond acceptors (Lipinski definition) is 3. The van der Waals surface area contributed by atoms with Crippen LogP contribution < -0.4 is 5.32 Å². The number of halogens is 1. The Balaban J connectivity index is 1.91. The van der Waals surface area contributed by atoms with Gasteiger partial charge in [0, 0.05) is 30.7 Å². The summed E-state index contributed by atoms with van der Waals surface area (Å²) >= 11 is 6.13. The Bertz CT molecular complexity index is 562. The highest BCUT2D eigenvalue weighted by molar-refractivity contribution is 7.88. The number of hydrogen-bond donors (Lipinski definition) is 1. The standard InChI is InChI=1S/C14H21ClN2O2S/c1-11-10-17(20(2,18)19)8-7-14(11)16-9-12-5-3-4-6-13(12)15/h3-6,11,14,16H,7-10H2,1-2H3. The summed E-state index contributed by atoms with van der Waals surface area (Å²) in [6.45, 7) is 3.97. The van der Waals surface area contributed by atoms with E-state index >= 15 is 0 Å². The van der Waals surface area contributed by atoms with Crippen molar-refractivity contribution in [3.8, 4) is 0 Å². The molecular formula is C14H21ClN2O2S. The van der Waals surface area contributed by atoms with Gasteiger partial charge in [0.25, 0.3) is 0 Å². The molecule has 2 atom stereocenters. The van der Waals surface area contributed by atoms with Crippen molar-refractivity contribution in [3.63, 3.8) is 0 Å². The summed E-state index contributed by atoms with van der Waals surface area (Å²) in [5.41, 5.74) is 1.08. The monoisotopic (exact) mass is 316 g/mol. The van der Waals surface area contributed by atoms with Gasteiger partial charge in [-0.05, 0) is 24.0 Å². The molecule has 0 bridgehead atoms. The number of nitrogens with one attached hydrogen (secondary N) is 1. The first-order valence-corrected chi connectivity index (χ1v) is 9.02. The third kappa shape index (κ3) is 3.95. The number of rotatable bonds is 4. The number of sulfonamides is 1. The van der Waals surface area contributed by atoms with Crippen LogP contribution in [-0.2, 0) is 16.6 Å². The highest BCUT2D eigenvalue weighted by Gasteiger charge is 2.30. The van der Waals surface area contributed by atoms with E-state index in [0.29, 0.717) is 31.6 Å². The van der Waals surface area contributed by atoms with Crippen LogP contribution in [0.3, 0.4) is 0 Å². The zero-order valence-electron chi connectivity index (χ0n) is 11.8. The first kappa shape index (κ1) is 15.8. The summed E-state index contributed by atoms with van der Waals surface area (Å²) in [5, 5.41) is 4.26. The van der Waals surface area contributed by atoms with Crippen molar-refractivity contribution < 1.29 is 8.42 Å². The number of piperidine rings is 1. The van der Waals surface area contributed by atoms with E-state index in [2.05, 4.69) is 12.2 Å². The van der Waals surface area contributed by atoms with Crippen molar-refractivity contribution in [2.45, 2.75) is 25.9 Å². The molecule has 112 valence electrons. The molecule has 0 saturated carbocycles. The molecule has 2 unspecified atom stereocenters. The minimum atomic E-state index is -3.07. The van der Waals surface area contributed by atoms with Crippen LogP contribution in [0.4, 0.5) is 0 Å². The lowest BCUT2D eigenvalue weighted by atomic mass is 9.95. The second-order valence-electron chi connectivity index (χ2n) is 5.47. The molecule has 1 aliphatic rings. The van der Waals surface area contributed by atoms with Crippen molar-refractivity contribution in [1.82, 2.24) is 9.62 Å². The Morgan fingerprint density at radius 2 is 2.10 bits per heavy atom. The van der Waals surface area contributed by atoms with Crippen molar-refractivity contribution in [2.24, 2.45) is 5.92 Å². The first-order chi connectivity index (χ1) is 9.38. The molecule has 1 saturated heterocycles. The van der Waals surface area contributed by atoms with Crippen LogP contribution in [0, 0.1) is 5.92 Å². The molecular weight excluding hydrogens is 296 g/mol. The Morgan fingerprint density at radius 1 is 1.40 bits per heavy atom. The van der Waals surface area contributed by atoms with Gasteiger partial charge in [-0.15, -0.1) is 0 Å². The third-order valence-electron chi connectivity index (χ3n) is 3.85. The van der Waals surface area contributed by atoms with E-state index in [0.717, 1.165) is 17.0 Å². The summed E-state index contributed by atoms with van der Waals surface area (Å²) < 4.78 is 24.7. The lowest BCUT2D eigenvalue weighted by Gasteiger charge is -2.36. The van der Waals surface area contributed by atoms with Crippen LogP contribution in [0.25, 0.3) is 0 Å². The fraction of sp³-hybridized carbons (Fsp3) is 0.571. The molecule has 1 heterocycles. The molecule has 1 N–H and O–H groups in total. The smallest absolute Gasteiger partial charge is 0.211 e. The number of benzene rings is 1. The maximum Gasteiger partial charge on any atom is 0.211 e. The molecule has 20 heavy (non-hydrogen) atoms. The van der Waals surface area contributed by atoms with Crippen molar-refractivity contribution >= 4 is 21.6 Å². The second kappa shape index (κ2) is 6.43. The maximum atomic E-state index is 11.6. The van der Waals surface area contributed by atoms with Gasteiger partial charge in [-0.3, -0.25) is 0 Å². The van der Waals surface area contributed by atoms with Gasteiger partial charge in [-0.2, -0.15) is 0 Å². The van der Waals surface area contributed by atoms with Gasteiger partial charge in [-0.25, -0.2) is 12.7 Å². The molecule has 0 aliphatic carbocycles. The Kier molecular flexibility index (Phi) is 5.07. The zero-order valence-corrected chi connectivity index (χ0v) is 13.4. The normalized spacial score (nSPS) is 24.8. The lowest BCUT2D eigenvalue weighted by Crippen LogP contribution is -2.49. The minimum absolute atomic E-state index is 0.293. The summed E-state index contributed by atoms with van der Waals surface area (Å²) in [4.78, 5) is 0. The minimum Gasteiger partial charge on any atom is -0.310 e. The average molecular weight is 317 g/mol. The molecule has 1 aromatic rings. The molecule has 0 aromatic heterocycles. The molecule has 0 amide bonds. The van der Waals surface area contributed by atoms with E-state index in [1.54, 1.807) is 4.31 Å². The molecule has 1 fully saturated rings. The quantitative estimate of drug-likeness (QED) is 0.925. The van der Waals surface area contributed by atoms with Crippen molar-refractivity contribution in [3.05, 3.63) is 34.9 Å². The Labute approximate surface area is 126 Å². The SMILES string of the molecule is CC1CN(S(C)(=O)=O)CCC1NCc1ccccc1Cl. The molecule has 6 heteroatoms. The van der Waals surface area contributed by atoms with Gasteiger partial charge in [0.1, 0.15) is 0 Å². The third-order valence-corrected chi connectivity index (χ3v) is 5.49. The van der Waals surface area contributed by atoms with Crippen LogP contribution >= 0.6 is 11.6 Å².